The zero-order valence-electron chi connectivity index (χ0n) is 15.9. The number of para-hydroxylation sites is 1. The number of urea groups is 1. The highest BCUT2D eigenvalue weighted by Gasteiger charge is 2.52. The Hall–Kier alpha value is -1.83. The zero-order chi connectivity index (χ0) is 19.7. The monoisotopic (exact) mass is 406 g/mol. The normalized spacial score (nSPS) is 23.5. The predicted molar refractivity (Wildman–Crippen MR) is 108 cm³/mol. The molecule has 3 aliphatic rings. The molecule has 1 aromatic carbocycles. The van der Waals surface area contributed by atoms with E-state index < -0.39 is 11.6 Å². The number of anilines is 1. The number of imide groups is 1. The standard InChI is InChI=1S/C20H27ClN4O3/c21-16-5-1-2-6-17(16)24-11-9-23(10-12-24)13-15(26)14-25-18(27)20(22-19(25)28)7-3-4-8-20/h1-2,5-6,15,26H,3-4,7-14H2,(H,22,28)/t15-/m0/s1. The summed E-state index contributed by atoms with van der Waals surface area (Å²) < 4.78 is 0. The van der Waals surface area contributed by atoms with Crippen molar-refractivity contribution < 1.29 is 14.7 Å². The first-order valence-electron chi connectivity index (χ1n) is 10.0. The van der Waals surface area contributed by atoms with E-state index in [4.69, 9.17) is 11.6 Å². The summed E-state index contributed by atoms with van der Waals surface area (Å²) in [6, 6.07) is 7.44. The molecule has 0 unspecified atom stereocenters. The lowest BCUT2D eigenvalue weighted by atomic mass is 9.98. The molecule has 1 spiro atoms. The number of piperazine rings is 1. The fourth-order valence-electron chi connectivity index (χ4n) is 4.61. The molecule has 152 valence electrons. The molecule has 1 atom stereocenters. The minimum atomic E-state index is -0.752. The maximum absolute atomic E-state index is 12.7. The molecule has 2 N–H and O–H groups in total. The van der Waals surface area contributed by atoms with E-state index >= 15 is 0 Å². The van der Waals surface area contributed by atoms with Gasteiger partial charge in [0.15, 0.2) is 0 Å². The van der Waals surface area contributed by atoms with Gasteiger partial charge in [-0.15, -0.1) is 0 Å². The molecule has 2 heterocycles. The van der Waals surface area contributed by atoms with Crippen molar-refractivity contribution in [3.05, 3.63) is 29.3 Å². The van der Waals surface area contributed by atoms with Crippen LogP contribution in [0.15, 0.2) is 24.3 Å². The van der Waals surface area contributed by atoms with Gasteiger partial charge in [-0.2, -0.15) is 0 Å². The summed E-state index contributed by atoms with van der Waals surface area (Å²) in [7, 11) is 0. The van der Waals surface area contributed by atoms with E-state index in [-0.39, 0.29) is 18.5 Å². The summed E-state index contributed by atoms with van der Waals surface area (Å²) in [4.78, 5) is 30.6. The lowest BCUT2D eigenvalue weighted by Gasteiger charge is -2.37. The van der Waals surface area contributed by atoms with Crippen molar-refractivity contribution in [2.75, 3.05) is 44.2 Å². The molecule has 3 amide bonds. The maximum Gasteiger partial charge on any atom is 0.325 e. The topological polar surface area (TPSA) is 76.1 Å². The highest BCUT2D eigenvalue weighted by atomic mass is 35.5. The number of hydrogen-bond acceptors (Lipinski definition) is 5. The quantitative estimate of drug-likeness (QED) is 0.728. The second kappa shape index (κ2) is 7.89. The number of β-amino-alcohol motifs (C(OH)–C–C–N with tert-alkyl or cyclic N) is 1. The summed E-state index contributed by atoms with van der Waals surface area (Å²) in [6.07, 6.45) is 2.57. The van der Waals surface area contributed by atoms with E-state index in [9.17, 15) is 14.7 Å². The average molecular weight is 407 g/mol. The van der Waals surface area contributed by atoms with Gasteiger partial charge in [0.05, 0.1) is 23.4 Å². The molecule has 2 aliphatic heterocycles. The summed E-state index contributed by atoms with van der Waals surface area (Å²) in [5.74, 6) is -0.169. The van der Waals surface area contributed by atoms with Gasteiger partial charge in [-0.05, 0) is 25.0 Å². The smallest absolute Gasteiger partial charge is 0.325 e. The van der Waals surface area contributed by atoms with Crippen LogP contribution >= 0.6 is 11.6 Å². The average Bonchev–Trinajstić information content (AvgIpc) is 3.24. The van der Waals surface area contributed by atoms with Crippen LogP contribution in [0.25, 0.3) is 0 Å². The SMILES string of the molecule is O=C1NC2(CCCC2)C(=O)N1C[C@@H](O)CN1CCN(c2ccccc2Cl)CC1. The van der Waals surface area contributed by atoms with Crippen molar-refractivity contribution in [3.8, 4) is 0 Å². The van der Waals surface area contributed by atoms with Crippen LogP contribution in [0.4, 0.5) is 10.5 Å². The maximum atomic E-state index is 12.7. The first-order valence-corrected chi connectivity index (χ1v) is 10.4. The van der Waals surface area contributed by atoms with E-state index in [1.165, 1.54) is 4.90 Å². The fourth-order valence-corrected chi connectivity index (χ4v) is 4.86. The largest absolute Gasteiger partial charge is 0.390 e. The Morgan fingerprint density at radius 1 is 1.07 bits per heavy atom. The van der Waals surface area contributed by atoms with E-state index in [1.54, 1.807) is 0 Å². The van der Waals surface area contributed by atoms with Gasteiger partial charge in [-0.1, -0.05) is 36.6 Å². The molecule has 0 radical (unpaired) electrons. The molecule has 1 aromatic rings. The van der Waals surface area contributed by atoms with Crippen molar-refractivity contribution in [1.29, 1.82) is 0 Å². The molecule has 4 rings (SSSR count). The Morgan fingerprint density at radius 3 is 2.43 bits per heavy atom. The van der Waals surface area contributed by atoms with Gasteiger partial charge < -0.3 is 15.3 Å². The molecular formula is C20H27ClN4O3. The molecule has 1 saturated carbocycles. The second-order valence-corrected chi connectivity index (χ2v) is 8.44. The number of aliphatic hydroxyl groups is 1. The molecule has 1 aliphatic carbocycles. The van der Waals surface area contributed by atoms with Gasteiger partial charge in [0.1, 0.15) is 5.54 Å². The molecule has 2 saturated heterocycles. The van der Waals surface area contributed by atoms with Crippen LogP contribution in [0.5, 0.6) is 0 Å². The van der Waals surface area contributed by atoms with Crippen LogP contribution in [-0.2, 0) is 4.79 Å². The first-order chi connectivity index (χ1) is 13.5. The first kappa shape index (κ1) is 19.5. The third-order valence-corrected chi connectivity index (χ3v) is 6.45. The van der Waals surface area contributed by atoms with Gasteiger partial charge in [0, 0.05) is 32.7 Å². The number of rotatable bonds is 5. The zero-order valence-corrected chi connectivity index (χ0v) is 16.7. The van der Waals surface area contributed by atoms with Crippen LogP contribution in [0, 0.1) is 0 Å². The number of nitrogens with zero attached hydrogens (tertiary/aromatic N) is 3. The third kappa shape index (κ3) is 3.71. The Labute approximate surface area is 170 Å². The molecular weight excluding hydrogens is 380 g/mol. The Morgan fingerprint density at radius 2 is 1.75 bits per heavy atom. The number of aliphatic hydroxyl groups excluding tert-OH is 1. The van der Waals surface area contributed by atoms with Crippen LogP contribution in [-0.4, -0.2) is 77.8 Å². The van der Waals surface area contributed by atoms with Crippen LogP contribution < -0.4 is 10.2 Å². The Bertz CT molecular complexity index is 745. The van der Waals surface area contributed by atoms with Gasteiger partial charge >= 0.3 is 6.03 Å². The van der Waals surface area contributed by atoms with Crippen molar-refractivity contribution in [2.24, 2.45) is 0 Å². The van der Waals surface area contributed by atoms with Gasteiger partial charge in [-0.25, -0.2) is 4.79 Å². The van der Waals surface area contributed by atoms with Gasteiger partial charge in [-0.3, -0.25) is 14.6 Å². The van der Waals surface area contributed by atoms with E-state index in [0.717, 1.165) is 49.7 Å². The summed E-state index contributed by atoms with van der Waals surface area (Å²) in [5, 5.41) is 14.1. The van der Waals surface area contributed by atoms with Gasteiger partial charge in [0.2, 0.25) is 0 Å². The lowest BCUT2D eigenvalue weighted by Crippen LogP contribution is -2.51. The molecule has 3 fully saturated rings. The highest BCUT2D eigenvalue weighted by molar-refractivity contribution is 6.33. The number of amides is 3. The number of carbonyl (C=O) groups is 2. The van der Waals surface area contributed by atoms with E-state index in [0.29, 0.717) is 19.4 Å². The number of nitrogens with one attached hydrogen (secondary N) is 1. The molecule has 28 heavy (non-hydrogen) atoms. The second-order valence-electron chi connectivity index (χ2n) is 8.03. The van der Waals surface area contributed by atoms with E-state index in [1.807, 2.05) is 24.3 Å². The van der Waals surface area contributed by atoms with Gasteiger partial charge in [0.25, 0.3) is 5.91 Å². The number of halogens is 1. The number of carbonyl (C=O) groups excluding carboxylic acids is 2. The highest BCUT2D eigenvalue weighted by Crippen LogP contribution is 2.35. The molecule has 7 nitrogen and oxygen atoms in total. The number of benzene rings is 1. The van der Waals surface area contributed by atoms with Crippen LogP contribution in [0.2, 0.25) is 5.02 Å². The number of hydrogen-bond donors (Lipinski definition) is 2. The predicted octanol–water partition coefficient (Wildman–Crippen LogP) is 1.69. The lowest BCUT2D eigenvalue weighted by molar-refractivity contribution is -0.132. The molecule has 8 heteroatoms. The Balaban J connectivity index is 1.28. The molecule has 0 aromatic heterocycles. The summed E-state index contributed by atoms with van der Waals surface area (Å²) in [6.45, 7) is 3.74. The minimum Gasteiger partial charge on any atom is -0.390 e. The van der Waals surface area contributed by atoms with Crippen molar-refractivity contribution in [2.45, 2.75) is 37.3 Å². The minimum absolute atomic E-state index is 0.0527. The molecule has 0 bridgehead atoms. The third-order valence-electron chi connectivity index (χ3n) is 6.13. The van der Waals surface area contributed by atoms with Crippen LogP contribution in [0.1, 0.15) is 25.7 Å². The van der Waals surface area contributed by atoms with E-state index in [2.05, 4.69) is 15.1 Å². The summed E-state index contributed by atoms with van der Waals surface area (Å²) in [5.41, 5.74) is 0.322. The fraction of sp³-hybridized carbons (Fsp3) is 0.600. The van der Waals surface area contributed by atoms with Crippen molar-refractivity contribution >= 4 is 29.2 Å². The van der Waals surface area contributed by atoms with Crippen molar-refractivity contribution in [3.63, 3.8) is 0 Å². The van der Waals surface area contributed by atoms with Crippen LogP contribution in [0.3, 0.4) is 0 Å². The summed E-state index contributed by atoms with van der Waals surface area (Å²) >= 11 is 6.28. The Kier molecular flexibility index (Phi) is 5.49. The van der Waals surface area contributed by atoms with Crippen molar-refractivity contribution in [1.82, 2.24) is 15.1 Å².